The van der Waals surface area contributed by atoms with Crippen molar-refractivity contribution < 1.29 is 9.21 Å². The molecule has 0 saturated carbocycles. The predicted octanol–water partition coefficient (Wildman–Crippen LogP) is 5.10. The molecule has 1 aliphatic carbocycles. The largest absolute Gasteiger partial charge is 0.410 e. The number of fused-ring (bicyclic) bond motifs is 1. The maximum atomic E-state index is 12.1. The van der Waals surface area contributed by atoms with Crippen molar-refractivity contribution in [3.63, 3.8) is 0 Å². The fraction of sp³-hybridized carbons (Fsp3) is 0.650. The molecule has 0 unspecified atom stereocenters. The van der Waals surface area contributed by atoms with E-state index in [-0.39, 0.29) is 11.9 Å². The fourth-order valence-electron chi connectivity index (χ4n) is 3.40. The number of nitrogens with one attached hydrogen (secondary N) is 1. The Morgan fingerprint density at radius 2 is 2.30 bits per heavy atom. The van der Waals surface area contributed by atoms with Crippen LogP contribution < -0.4 is 5.32 Å². The molecule has 3 rings (SSSR count). The molecule has 0 spiro atoms. The van der Waals surface area contributed by atoms with Gasteiger partial charge in [-0.2, -0.15) is 0 Å². The summed E-state index contributed by atoms with van der Waals surface area (Å²) in [5.74, 6) is 1.64. The van der Waals surface area contributed by atoms with E-state index in [4.69, 9.17) is 4.42 Å². The molecule has 0 aromatic carbocycles. The minimum atomic E-state index is 0.0179. The third kappa shape index (κ3) is 5.82. The first-order chi connectivity index (χ1) is 13.0. The number of carbonyl (C=O) groups excluding carboxylic acids is 1. The van der Waals surface area contributed by atoms with Crippen LogP contribution in [0.3, 0.4) is 0 Å². The van der Waals surface area contributed by atoms with E-state index in [1.807, 2.05) is 0 Å². The summed E-state index contributed by atoms with van der Waals surface area (Å²) in [6, 6.07) is 2.41. The Morgan fingerprint density at radius 3 is 3.11 bits per heavy atom. The third-order valence-corrected chi connectivity index (χ3v) is 6.96. The van der Waals surface area contributed by atoms with Gasteiger partial charge in [0, 0.05) is 10.9 Å². The van der Waals surface area contributed by atoms with Crippen molar-refractivity contribution >= 4 is 29.0 Å². The summed E-state index contributed by atoms with van der Waals surface area (Å²) in [5, 5.41) is 11.8. The normalized spacial score (nSPS) is 17.5. The van der Waals surface area contributed by atoms with Crippen LogP contribution in [0.25, 0.3) is 10.8 Å². The molecule has 7 heteroatoms. The molecule has 27 heavy (non-hydrogen) atoms. The molecule has 0 fully saturated rings. The number of aromatic nitrogens is 2. The van der Waals surface area contributed by atoms with Gasteiger partial charge in [-0.15, -0.1) is 21.5 Å². The van der Waals surface area contributed by atoms with E-state index in [1.54, 1.807) is 11.3 Å². The molecule has 1 amide bonds. The fourth-order valence-corrected chi connectivity index (χ4v) is 5.10. The number of thiophene rings is 1. The molecular formula is C20H29N3O2S2. The van der Waals surface area contributed by atoms with Crippen LogP contribution in [0.15, 0.2) is 15.7 Å². The molecule has 0 saturated heterocycles. The maximum Gasteiger partial charge on any atom is 0.277 e. The first-order valence-electron chi connectivity index (χ1n) is 9.92. The Labute approximate surface area is 169 Å². The van der Waals surface area contributed by atoms with Crippen molar-refractivity contribution in [2.75, 3.05) is 5.75 Å². The average molecular weight is 408 g/mol. The van der Waals surface area contributed by atoms with Crippen LogP contribution in [0.2, 0.25) is 0 Å². The van der Waals surface area contributed by atoms with Gasteiger partial charge in [-0.05, 0) is 50.2 Å². The van der Waals surface area contributed by atoms with E-state index in [0.717, 1.165) is 36.5 Å². The Morgan fingerprint density at radius 1 is 1.44 bits per heavy atom. The van der Waals surface area contributed by atoms with Gasteiger partial charge in [0.15, 0.2) is 0 Å². The molecule has 0 aliphatic heterocycles. The van der Waals surface area contributed by atoms with E-state index in [2.05, 4.69) is 42.4 Å². The predicted molar refractivity (Wildman–Crippen MR) is 111 cm³/mol. The van der Waals surface area contributed by atoms with Gasteiger partial charge in [-0.25, -0.2) is 0 Å². The lowest BCUT2D eigenvalue weighted by Crippen LogP contribution is -2.33. The van der Waals surface area contributed by atoms with Crippen LogP contribution >= 0.6 is 23.1 Å². The summed E-state index contributed by atoms with van der Waals surface area (Å²) >= 11 is 3.06. The van der Waals surface area contributed by atoms with Gasteiger partial charge in [0.1, 0.15) is 0 Å². The van der Waals surface area contributed by atoms with Crippen molar-refractivity contribution in [1.29, 1.82) is 0 Å². The summed E-state index contributed by atoms with van der Waals surface area (Å²) in [6.07, 6.45) is 8.13. The highest BCUT2D eigenvalue weighted by Crippen LogP contribution is 2.37. The van der Waals surface area contributed by atoms with Gasteiger partial charge in [-0.1, -0.05) is 44.9 Å². The third-order valence-electron chi connectivity index (χ3n) is 4.92. The molecule has 0 bridgehead atoms. The first-order valence-corrected chi connectivity index (χ1v) is 11.7. The summed E-state index contributed by atoms with van der Waals surface area (Å²) in [7, 11) is 0. The molecule has 1 aliphatic rings. The molecule has 2 atom stereocenters. The Hall–Kier alpha value is -1.34. The standard InChI is InChI=1S/C20H29N3O2S2/c1-4-5-6-7-14(3)21-18(24)12-26-20-23-22-19(25-20)17-11-15-10-13(2)8-9-16(15)27-17/h11,13-14H,4-10,12H2,1-3H3,(H,21,24)/t13-,14-/m0/s1. The zero-order valence-corrected chi connectivity index (χ0v) is 18.0. The SMILES string of the molecule is CCCCC[C@H](C)NC(=O)CSc1nnc(-c2cc3c(s2)CC[C@H](C)C3)o1. The van der Waals surface area contributed by atoms with Crippen molar-refractivity contribution in [2.24, 2.45) is 5.92 Å². The van der Waals surface area contributed by atoms with E-state index in [9.17, 15) is 4.79 Å². The van der Waals surface area contributed by atoms with Crippen molar-refractivity contribution in [1.82, 2.24) is 15.5 Å². The summed E-state index contributed by atoms with van der Waals surface area (Å²) in [5.41, 5.74) is 1.43. The highest BCUT2D eigenvalue weighted by Gasteiger charge is 2.21. The lowest BCUT2D eigenvalue weighted by atomic mass is 9.90. The lowest BCUT2D eigenvalue weighted by Gasteiger charge is -2.16. The van der Waals surface area contributed by atoms with E-state index in [1.165, 1.54) is 41.5 Å². The van der Waals surface area contributed by atoms with Gasteiger partial charge in [-0.3, -0.25) is 4.79 Å². The van der Waals surface area contributed by atoms with Crippen molar-refractivity contribution in [3.05, 3.63) is 16.5 Å². The molecule has 2 aromatic rings. The number of amides is 1. The van der Waals surface area contributed by atoms with E-state index >= 15 is 0 Å². The number of unbranched alkanes of at least 4 members (excludes halogenated alkanes) is 2. The molecule has 2 heterocycles. The van der Waals surface area contributed by atoms with Crippen LogP contribution in [0.5, 0.6) is 0 Å². The smallest absolute Gasteiger partial charge is 0.277 e. The first kappa shape index (κ1) is 20.4. The van der Waals surface area contributed by atoms with Crippen molar-refractivity contribution in [3.8, 4) is 10.8 Å². The Balaban J connectivity index is 1.49. The summed E-state index contributed by atoms with van der Waals surface area (Å²) in [4.78, 5) is 14.6. The van der Waals surface area contributed by atoms with Gasteiger partial charge in [0.25, 0.3) is 11.1 Å². The molecule has 0 radical (unpaired) electrons. The molecule has 5 nitrogen and oxygen atoms in total. The van der Waals surface area contributed by atoms with Gasteiger partial charge < -0.3 is 9.73 Å². The van der Waals surface area contributed by atoms with E-state index < -0.39 is 0 Å². The monoisotopic (exact) mass is 407 g/mol. The van der Waals surface area contributed by atoms with Gasteiger partial charge in [0.05, 0.1) is 10.6 Å². The van der Waals surface area contributed by atoms with Gasteiger partial charge in [0.2, 0.25) is 5.91 Å². The number of thioether (sulfide) groups is 1. The minimum absolute atomic E-state index is 0.0179. The number of rotatable bonds is 9. The summed E-state index contributed by atoms with van der Waals surface area (Å²) < 4.78 is 5.78. The number of hydrogen-bond donors (Lipinski definition) is 1. The number of aryl methyl sites for hydroxylation is 1. The van der Waals surface area contributed by atoms with Crippen molar-refractivity contribution in [2.45, 2.75) is 77.0 Å². The lowest BCUT2D eigenvalue weighted by molar-refractivity contribution is -0.119. The molecule has 1 N–H and O–H groups in total. The van der Waals surface area contributed by atoms with Crippen LogP contribution in [0.1, 0.15) is 63.3 Å². The van der Waals surface area contributed by atoms with E-state index in [0.29, 0.717) is 16.9 Å². The molecule has 148 valence electrons. The van der Waals surface area contributed by atoms with Gasteiger partial charge >= 0.3 is 0 Å². The van der Waals surface area contributed by atoms with Crippen LogP contribution in [-0.4, -0.2) is 27.9 Å². The molecular weight excluding hydrogens is 378 g/mol. The second-order valence-corrected chi connectivity index (χ2v) is 9.60. The topological polar surface area (TPSA) is 68.0 Å². The minimum Gasteiger partial charge on any atom is -0.410 e. The number of carbonyl (C=O) groups is 1. The van der Waals surface area contributed by atoms with Crippen LogP contribution in [0.4, 0.5) is 0 Å². The molecule has 2 aromatic heterocycles. The zero-order valence-electron chi connectivity index (χ0n) is 16.4. The second-order valence-electron chi connectivity index (χ2n) is 7.53. The second kappa shape index (κ2) is 9.73. The Bertz CT molecular complexity index is 756. The number of hydrogen-bond acceptors (Lipinski definition) is 6. The Kier molecular flexibility index (Phi) is 7.35. The quantitative estimate of drug-likeness (QED) is 0.463. The van der Waals surface area contributed by atoms with Crippen LogP contribution in [-0.2, 0) is 17.6 Å². The average Bonchev–Trinajstić information content (AvgIpc) is 3.26. The highest BCUT2D eigenvalue weighted by molar-refractivity contribution is 7.99. The highest BCUT2D eigenvalue weighted by atomic mass is 32.2. The zero-order chi connectivity index (χ0) is 19.2. The van der Waals surface area contributed by atoms with Crippen LogP contribution in [0, 0.1) is 5.92 Å². The number of nitrogens with zero attached hydrogens (tertiary/aromatic N) is 2. The maximum absolute atomic E-state index is 12.1. The summed E-state index contributed by atoms with van der Waals surface area (Å²) in [6.45, 7) is 6.55.